The molecule has 1 atom stereocenters. The van der Waals surface area contributed by atoms with Gasteiger partial charge in [0.2, 0.25) is 5.91 Å². The van der Waals surface area contributed by atoms with Gasteiger partial charge in [-0.25, -0.2) is 4.68 Å². The van der Waals surface area contributed by atoms with Crippen molar-refractivity contribution in [2.75, 3.05) is 0 Å². The van der Waals surface area contributed by atoms with Gasteiger partial charge in [0.15, 0.2) is 0 Å². The zero-order chi connectivity index (χ0) is 23.3. The summed E-state index contributed by atoms with van der Waals surface area (Å²) in [6.07, 6.45) is 1.11. The second kappa shape index (κ2) is 10.5. The van der Waals surface area contributed by atoms with Gasteiger partial charge in [0, 0.05) is 34.4 Å². The van der Waals surface area contributed by atoms with E-state index < -0.39 is 0 Å². The Bertz CT molecular complexity index is 1110. The summed E-state index contributed by atoms with van der Waals surface area (Å²) in [5, 5.41) is 11.2. The molecule has 3 rings (SSSR count). The topological polar surface area (TPSA) is 76.0 Å². The zero-order valence-electron chi connectivity index (χ0n) is 18.9. The number of carbonyl (C=O) groups is 2. The molecule has 168 valence electrons. The van der Waals surface area contributed by atoms with Crippen LogP contribution in [-0.4, -0.2) is 27.6 Å². The minimum Gasteiger partial charge on any atom is -0.352 e. The molecule has 1 heterocycles. The van der Waals surface area contributed by atoms with Crippen LogP contribution in [-0.2, 0) is 17.8 Å². The maximum Gasteiger partial charge on any atom is 0.251 e. The summed E-state index contributed by atoms with van der Waals surface area (Å²) in [6, 6.07) is 14.9. The van der Waals surface area contributed by atoms with E-state index in [-0.39, 0.29) is 24.3 Å². The highest BCUT2D eigenvalue weighted by atomic mass is 35.5. The summed E-state index contributed by atoms with van der Waals surface area (Å²) in [5.41, 5.74) is 5.00. The van der Waals surface area contributed by atoms with Gasteiger partial charge in [-0.15, -0.1) is 0 Å². The van der Waals surface area contributed by atoms with Crippen molar-refractivity contribution in [3.8, 4) is 5.69 Å². The zero-order valence-corrected chi connectivity index (χ0v) is 19.7. The van der Waals surface area contributed by atoms with Crippen molar-refractivity contribution in [1.82, 2.24) is 20.4 Å². The van der Waals surface area contributed by atoms with Crippen LogP contribution in [0.5, 0.6) is 0 Å². The first-order valence-corrected chi connectivity index (χ1v) is 11.1. The Hall–Kier alpha value is -3.12. The molecule has 2 aromatic carbocycles. The van der Waals surface area contributed by atoms with E-state index >= 15 is 0 Å². The number of halogens is 1. The van der Waals surface area contributed by atoms with Gasteiger partial charge in [-0.2, -0.15) is 5.10 Å². The Morgan fingerprint density at radius 2 is 1.84 bits per heavy atom. The maximum atomic E-state index is 12.6. The number of hydrogen-bond donors (Lipinski definition) is 2. The van der Waals surface area contributed by atoms with E-state index in [1.54, 1.807) is 6.07 Å². The fourth-order valence-corrected chi connectivity index (χ4v) is 3.55. The monoisotopic (exact) mass is 452 g/mol. The smallest absolute Gasteiger partial charge is 0.251 e. The summed E-state index contributed by atoms with van der Waals surface area (Å²) in [7, 11) is 0. The molecule has 3 aromatic rings. The van der Waals surface area contributed by atoms with Crippen LogP contribution in [0, 0.1) is 13.8 Å². The first kappa shape index (κ1) is 23.5. The van der Waals surface area contributed by atoms with Gasteiger partial charge in [-0.3, -0.25) is 9.59 Å². The maximum absolute atomic E-state index is 12.6. The lowest BCUT2D eigenvalue weighted by Gasteiger charge is -2.12. The lowest BCUT2D eigenvalue weighted by molar-refractivity contribution is -0.120. The summed E-state index contributed by atoms with van der Waals surface area (Å²) < 4.78 is 1.83. The minimum absolute atomic E-state index is 0.0960. The predicted octanol–water partition coefficient (Wildman–Crippen LogP) is 4.53. The number of carbonyl (C=O) groups excluding carboxylic acids is 2. The van der Waals surface area contributed by atoms with Crippen molar-refractivity contribution in [3.63, 3.8) is 0 Å². The first-order valence-electron chi connectivity index (χ1n) is 10.8. The van der Waals surface area contributed by atoms with Crippen LogP contribution in [0.3, 0.4) is 0 Å². The molecule has 7 heteroatoms. The average Bonchev–Trinajstić information content (AvgIpc) is 3.06. The van der Waals surface area contributed by atoms with Gasteiger partial charge in [-0.05, 0) is 69.2 Å². The Morgan fingerprint density at radius 1 is 1.12 bits per heavy atom. The van der Waals surface area contributed by atoms with Crippen molar-refractivity contribution in [2.45, 2.75) is 53.1 Å². The van der Waals surface area contributed by atoms with Crippen LogP contribution >= 0.6 is 11.6 Å². The largest absolute Gasteiger partial charge is 0.352 e. The Kier molecular flexibility index (Phi) is 7.70. The predicted molar refractivity (Wildman–Crippen MR) is 127 cm³/mol. The SMILES string of the molecule is CCC(C)NC(=O)c1cccc(CNC(=O)Cc2c(C)nn(-c3ccc(Cl)cc3)c2C)c1. The highest BCUT2D eigenvalue weighted by molar-refractivity contribution is 6.30. The highest BCUT2D eigenvalue weighted by Crippen LogP contribution is 2.20. The Labute approximate surface area is 194 Å². The molecule has 0 radical (unpaired) electrons. The lowest BCUT2D eigenvalue weighted by Crippen LogP contribution is -2.32. The molecule has 0 saturated heterocycles. The molecule has 0 aliphatic heterocycles. The van der Waals surface area contributed by atoms with E-state index in [4.69, 9.17) is 11.6 Å². The summed E-state index contributed by atoms with van der Waals surface area (Å²) in [4.78, 5) is 25.0. The molecule has 6 nitrogen and oxygen atoms in total. The summed E-state index contributed by atoms with van der Waals surface area (Å²) in [6.45, 7) is 8.21. The fourth-order valence-electron chi connectivity index (χ4n) is 3.42. The third kappa shape index (κ3) is 5.77. The second-order valence-corrected chi connectivity index (χ2v) is 8.41. The average molecular weight is 453 g/mol. The van der Waals surface area contributed by atoms with Crippen molar-refractivity contribution in [2.24, 2.45) is 0 Å². The number of nitrogens with one attached hydrogen (secondary N) is 2. The van der Waals surface area contributed by atoms with Gasteiger partial charge in [0.05, 0.1) is 17.8 Å². The standard InChI is InChI=1S/C25H29ClN4O2/c1-5-16(2)28-25(32)20-8-6-7-19(13-20)15-27-24(31)14-23-17(3)29-30(18(23)4)22-11-9-21(26)10-12-22/h6-13,16H,5,14-15H2,1-4H3,(H,27,31)(H,28,32). The quantitative estimate of drug-likeness (QED) is 0.527. The minimum atomic E-state index is -0.103. The van der Waals surface area contributed by atoms with Crippen LogP contribution in [0.2, 0.25) is 5.02 Å². The van der Waals surface area contributed by atoms with Crippen molar-refractivity contribution in [1.29, 1.82) is 0 Å². The molecule has 0 aliphatic carbocycles. The van der Waals surface area contributed by atoms with Crippen molar-refractivity contribution < 1.29 is 9.59 Å². The van der Waals surface area contributed by atoms with E-state index in [0.29, 0.717) is 17.1 Å². The molecule has 2 amide bonds. The van der Waals surface area contributed by atoms with Crippen LogP contribution in [0.25, 0.3) is 5.69 Å². The molecule has 0 spiro atoms. The molecular formula is C25H29ClN4O2. The van der Waals surface area contributed by atoms with Gasteiger partial charge >= 0.3 is 0 Å². The molecule has 0 fully saturated rings. The van der Waals surface area contributed by atoms with Gasteiger partial charge in [-0.1, -0.05) is 30.7 Å². The summed E-state index contributed by atoms with van der Waals surface area (Å²) in [5.74, 6) is -0.199. The molecule has 0 saturated carbocycles. The third-order valence-corrected chi connectivity index (χ3v) is 5.77. The van der Waals surface area contributed by atoms with Crippen LogP contribution in [0.4, 0.5) is 0 Å². The molecule has 0 bridgehead atoms. The normalized spacial score (nSPS) is 11.8. The number of rotatable bonds is 8. The van der Waals surface area contributed by atoms with Gasteiger partial charge < -0.3 is 10.6 Å². The molecule has 2 N–H and O–H groups in total. The second-order valence-electron chi connectivity index (χ2n) is 7.97. The number of hydrogen-bond acceptors (Lipinski definition) is 3. The third-order valence-electron chi connectivity index (χ3n) is 5.52. The highest BCUT2D eigenvalue weighted by Gasteiger charge is 2.16. The van der Waals surface area contributed by atoms with Crippen molar-refractivity contribution in [3.05, 3.63) is 81.6 Å². The number of aromatic nitrogens is 2. The van der Waals surface area contributed by atoms with Crippen LogP contribution in [0.1, 0.15) is 53.1 Å². The summed E-state index contributed by atoms with van der Waals surface area (Å²) >= 11 is 5.98. The Morgan fingerprint density at radius 3 is 2.53 bits per heavy atom. The molecule has 1 aromatic heterocycles. The van der Waals surface area contributed by atoms with Crippen LogP contribution in [0.15, 0.2) is 48.5 Å². The fraction of sp³-hybridized carbons (Fsp3) is 0.320. The van der Waals surface area contributed by atoms with E-state index in [1.165, 1.54) is 0 Å². The van der Waals surface area contributed by atoms with E-state index in [0.717, 1.165) is 34.6 Å². The Balaban J connectivity index is 1.64. The molecule has 0 aliphatic rings. The number of aryl methyl sites for hydroxylation is 1. The van der Waals surface area contributed by atoms with Gasteiger partial charge in [0.25, 0.3) is 5.91 Å². The number of amides is 2. The van der Waals surface area contributed by atoms with E-state index in [1.807, 2.05) is 74.8 Å². The lowest BCUT2D eigenvalue weighted by atomic mass is 10.1. The van der Waals surface area contributed by atoms with E-state index in [9.17, 15) is 9.59 Å². The molecule has 32 heavy (non-hydrogen) atoms. The van der Waals surface area contributed by atoms with Crippen LogP contribution < -0.4 is 10.6 Å². The number of benzene rings is 2. The molecule has 1 unspecified atom stereocenters. The molecular weight excluding hydrogens is 424 g/mol. The van der Waals surface area contributed by atoms with E-state index in [2.05, 4.69) is 15.7 Å². The first-order chi connectivity index (χ1) is 15.3. The van der Waals surface area contributed by atoms with Gasteiger partial charge in [0.1, 0.15) is 0 Å². The van der Waals surface area contributed by atoms with Crippen molar-refractivity contribution >= 4 is 23.4 Å². The number of nitrogens with zero attached hydrogens (tertiary/aromatic N) is 2.